The fourth-order valence-electron chi connectivity index (χ4n) is 4.20. The van der Waals surface area contributed by atoms with E-state index in [0.717, 1.165) is 49.9 Å². The van der Waals surface area contributed by atoms with Crippen LogP contribution >= 0.6 is 0 Å². The molecular formula is C24H31N5O3. The average Bonchev–Trinajstić information content (AvgIpc) is 3.34. The van der Waals surface area contributed by atoms with Crippen LogP contribution in [-0.4, -0.2) is 52.6 Å². The van der Waals surface area contributed by atoms with Gasteiger partial charge in [0.1, 0.15) is 6.61 Å². The second-order valence-corrected chi connectivity index (χ2v) is 8.20. The predicted molar refractivity (Wildman–Crippen MR) is 123 cm³/mol. The normalized spacial score (nSPS) is 14.2. The lowest BCUT2D eigenvalue weighted by molar-refractivity contribution is 0.0491. The standard InChI is InChI=1S/C24H31N5O3/c1-5-7-11-32-24(30)22-19(23-26-25-21(15-31-4)29(23)27-22)14-18-13-17-9-8-10-28(6-2)20(17)12-16(18)3/h12-14H,5-11,15H2,1-4H3/b19-14-. The minimum absolute atomic E-state index is 0.257. The van der Waals surface area contributed by atoms with Crippen LogP contribution in [0.1, 0.15) is 66.1 Å². The Labute approximate surface area is 188 Å². The number of aromatic nitrogens is 4. The molecular weight excluding hydrogens is 406 g/mol. The van der Waals surface area contributed by atoms with Crippen molar-refractivity contribution >= 4 is 23.4 Å². The first-order valence-corrected chi connectivity index (χ1v) is 11.4. The molecule has 0 radical (unpaired) electrons. The molecule has 8 heteroatoms. The second kappa shape index (κ2) is 9.65. The summed E-state index contributed by atoms with van der Waals surface area (Å²) < 4.78 is 12.3. The number of carbonyl (C=O) groups excluding carboxylic acids is 1. The fourth-order valence-corrected chi connectivity index (χ4v) is 4.20. The minimum Gasteiger partial charge on any atom is -0.461 e. The number of methoxy groups -OCH3 is 1. The van der Waals surface area contributed by atoms with Crippen molar-refractivity contribution in [3.8, 4) is 0 Å². The fraction of sp³-hybridized carbons (Fsp3) is 0.500. The average molecular weight is 438 g/mol. The molecule has 4 rings (SSSR count). The van der Waals surface area contributed by atoms with E-state index in [1.165, 1.54) is 11.3 Å². The largest absolute Gasteiger partial charge is 0.461 e. The van der Waals surface area contributed by atoms with Gasteiger partial charge in [-0.05, 0) is 68.0 Å². The van der Waals surface area contributed by atoms with Crippen LogP contribution in [0.4, 0.5) is 5.69 Å². The van der Waals surface area contributed by atoms with Gasteiger partial charge in [0.25, 0.3) is 0 Å². The number of hydrogen-bond donors (Lipinski definition) is 0. The number of anilines is 1. The minimum atomic E-state index is -0.439. The molecule has 0 unspecified atom stereocenters. The maximum atomic E-state index is 12.9. The number of esters is 1. The first kappa shape index (κ1) is 22.2. The van der Waals surface area contributed by atoms with Gasteiger partial charge >= 0.3 is 5.97 Å². The molecule has 1 aliphatic heterocycles. The summed E-state index contributed by atoms with van der Waals surface area (Å²) in [7, 11) is 1.59. The van der Waals surface area contributed by atoms with E-state index in [1.54, 1.807) is 11.6 Å². The molecule has 0 bridgehead atoms. The number of benzene rings is 1. The molecule has 1 aliphatic rings. The Hall–Kier alpha value is -3.00. The highest BCUT2D eigenvalue weighted by Gasteiger charge is 2.22. The Morgan fingerprint density at radius 1 is 1.25 bits per heavy atom. The van der Waals surface area contributed by atoms with Gasteiger partial charge < -0.3 is 14.4 Å². The van der Waals surface area contributed by atoms with E-state index in [4.69, 9.17) is 9.47 Å². The van der Waals surface area contributed by atoms with Crippen molar-refractivity contribution in [3.63, 3.8) is 0 Å². The molecule has 0 fully saturated rings. The zero-order valence-corrected chi connectivity index (χ0v) is 19.3. The molecule has 0 aliphatic carbocycles. The van der Waals surface area contributed by atoms with Gasteiger partial charge in [-0.3, -0.25) is 0 Å². The van der Waals surface area contributed by atoms with Crippen LogP contribution in [0.3, 0.4) is 0 Å². The van der Waals surface area contributed by atoms with Crippen molar-refractivity contribution in [2.45, 2.75) is 53.1 Å². The molecule has 0 saturated carbocycles. The van der Waals surface area contributed by atoms with Crippen LogP contribution in [0.2, 0.25) is 0 Å². The zero-order chi connectivity index (χ0) is 22.7. The van der Waals surface area contributed by atoms with Crippen molar-refractivity contribution in [2.75, 3.05) is 31.7 Å². The number of carbonyl (C=O) groups is 1. The highest BCUT2D eigenvalue weighted by Crippen LogP contribution is 2.30. The van der Waals surface area contributed by atoms with Crippen molar-refractivity contribution in [2.24, 2.45) is 0 Å². The molecule has 0 amide bonds. The van der Waals surface area contributed by atoms with E-state index >= 15 is 0 Å². The highest BCUT2D eigenvalue weighted by atomic mass is 16.5. The quantitative estimate of drug-likeness (QED) is 0.396. The molecule has 2 aromatic heterocycles. The summed E-state index contributed by atoms with van der Waals surface area (Å²) in [6, 6.07) is 4.48. The maximum absolute atomic E-state index is 12.9. The van der Waals surface area contributed by atoms with Crippen molar-refractivity contribution < 1.29 is 14.3 Å². The second-order valence-electron chi connectivity index (χ2n) is 8.20. The third-order valence-corrected chi connectivity index (χ3v) is 5.96. The Morgan fingerprint density at radius 2 is 2.09 bits per heavy atom. The van der Waals surface area contributed by atoms with Gasteiger partial charge in [0.2, 0.25) is 0 Å². The van der Waals surface area contributed by atoms with E-state index in [1.807, 2.05) is 6.08 Å². The van der Waals surface area contributed by atoms with Gasteiger partial charge in [-0.1, -0.05) is 13.3 Å². The van der Waals surface area contributed by atoms with Gasteiger partial charge in [-0.15, -0.1) is 10.2 Å². The Bertz CT molecular complexity index is 1170. The van der Waals surface area contributed by atoms with Crippen molar-refractivity contribution in [3.05, 3.63) is 45.6 Å². The van der Waals surface area contributed by atoms with Gasteiger partial charge in [0.05, 0.1) is 11.8 Å². The van der Waals surface area contributed by atoms with Crippen LogP contribution in [0.15, 0.2) is 12.1 Å². The molecule has 3 heterocycles. The number of fused-ring (bicyclic) bond motifs is 2. The van der Waals surface area contributed by atoms with E-state index < -0.39 is 5.97 Å². The molecule has 1 aromatic carbocycles. The van der Waals surface area contributed by atoms with E-state index in [2.05, 4.69) is 53.1 Å². The Kier molecular flexibility index (Phi) is 6.69. The lowest BCUT2D eigenvalue weighted by Crippen LogP contribution is -2.29. The smallest absolute Gasteiger partial charge is 0.359 e. The number of rotatable bonds is 8. The predicted octanol–water partition coefficient (Wildman–Crippen LogP) is 2.86. The van der Waals surface area contributed by atoms with Crippen LogP contribution in [0.5, 0.6) is 0 Å². The van der Waals surface area contributed by atoms with Gasteiger partial charge in [-0.25, -0.2) is 4.79 Å². The summed E-state index contributed by atoms with van der Waals surface area (Å²) >= 11 is 0. The molecule has 0 saturated heterocycles. The van der Waals surface area contributed by atoms with Crippen LogP contribution in [-0.2, 0) is 22.5 Å². The van der Waals surface area contributed by atoms with Crippen molar-refractivity contribution in [1.82, 2.24) is 19.8 Å². The van der Waals surface area contributed by atoms with E-state index in [9.17, 15) is 4.79 Å². The SMILES string of the molecule is CCCCOC(=O)c1nn2c(COC)nnc2/c1=C\c1cc2c(cc1C)N(CC)CCC2. The van der Waals surface area contributed by atoms with Gasteiger partial charge in [0, 0.05) is 25.9 Å². The van der Waals surface area contributed by atoms with Crippen LogP contribution in [0.25, 0.3) is 11.7 Å². The first-order valence-electron chi connectivity index (χ1n) is 11.4. The Balaban J connectivity index is 1.83. The lowest BCUT2D eigenvalue weighted by Gasteiger charge is -2.31. The molecule has 8 nitrogen and oxygen atoms in total. The number of ether oxygens (including phenoxy) is 2. The summed E-state index contributed by atoms with van der Waals surface area (Å²) in [5.41, 5.74) is 5.63. The van der Waals surface area contributed by atoms with E-state index in [-0.39, 0.29) is 12.3 Å². The number of aryl methyl sites for hydroxylation is 2. The molecule has 0 atom stereocenters. The summed E-state index contributed by atoms with van der Waals surface area (Å²) in [5.74, 6) is 0.108. The summed E-state index contributed by atoms with van der Waals surface area (Å²) in [6.45, 7) is 9.07. The molecule has 3 aromatic rings. The Morgan fingerprint density at radius 3 is 2.84 bits per heavy atom. The lowest BCUT2D eigenvalue weighted by atomic mass is 9.95. The van der Waals surface area contributed by atoms with Crippen molar-refractivity contribution in [1.29, 1.82) is 0 Å². The van der Waals surface area contributed by atoms with Gasteiger partial charge in [0.15, 0.2) is 17.2 Å². The number of hydrogen-bond acceptors (Lipinski definition) is 7. The third-order valence-electron chi connectivity index (χ3n) is 5.96. The van der Waals surface area contributed by atoms with Gasteiger partial charge in [-0.2, -0.15) is 9.61 Å². The monoisotopic (exact) mass is 437 g/mol. The van der Waals surface area contributed by atoms with Crippen LogP contribution in [0, 0.1) is 6.92 Å². The molecule has 170 valence electrons. The summed E-state index contributed by atoms with van der Waals surface area (Å²) in [5, 5.41) is 13.6. The number of nitrogens with zero attached hydrogens (tertiary/aromatic N) is 5. The first-order chi connectivity index (χ1) is 15.6. The molecule has 32 heavy (non-hydrogen) atoms. The highest BCUT2D eigenvalue weighted by molar-refractivity contribution is 5.90. The summed E-state index contributed by atoms with van der Waals surface area (Å²) in [6.07, 6.45) is 5.96. The number of unbranched alkanes of at least 4 members (excludes halogenated alkanes) is 1. The molecule has 0 N–H and O–H groups in total. The third kappa shape index (κ3) is 4.19. The maximum Gasteiger partial charge on any atom is 0.359 e. The topological polar surface area (TPSA) is 81.8 Å². The van der Waals surface area contributed by atoms with E-state index in [0.29, 0.717) is 23.3 Å². The molecule has 0 spiro atoms. The summed E-state index contributed by atoms with van der Waals surface area (Å²) in [4.78, 5) is 15.3. The van der Waals surface area contributed by atoms with Crippen LogP contribution < -0.4 is 10.1 Å². The zero-order valence-electron chi connectivity index (χ0n) is 19.3.